The molecule has 1 atom stereocenters. The van der Waals surface area contributed by atoms with Crippen LogP contribution in [0.25, 0.3) is 11.1 Å². The Morgan fingerprint density at radius 3 is 2.30 bits per heavy atom. The molecule has 3 rings (SSSR count). The number of amides is 3. The van der Waals surface area contributed by atoms with Gasteiger partial charge in [0.05, 0.1) is 13.2 Å². The maximum Gasteiger partial charge on any atom is 0.328 e. The Bertz CT molecular complexity index is 1400. The lowest BCUT2D eigenvalue weighted by molar-refractivity contribution is -0.147. The molecule has 1 aromatic heterocycles. The molecular formula is C33H44N6O5. The van der Waals surface area contributed by atoms with Crippen LogP contribution < -0.4 is 16.2 Å². The summed E-state index contributed by atoms with van der Waals surface area (Å²) in [7, 11) is 0. The maximum atomic E-state index is 13.1. The average Bonchev–Trinajstić information content (AvgIpc) is 3.40. The summed E-state index contributed by atoms with van der Waals surface area (Å²) in [5.74, 6) is -0.109. The summed E-state index contributed by atoms with van der Waals surface area (Å²) in [5.41, 5.74) is 7.88. The number of nitrogens with one attached hydrogen (secondary N) is 3. The number of hydrogen-bond donors (Lipinski definition) is 3. The number of rotatable bonds is 16. The lowest BCUT2D eigenvalue weighted by atomic mass is 9.98. The number of nitrogens with zero attached hydrogens (tertiary/aromatic N) is 3. The SMILES string of the molecule is CCCCc1nc(CCCC)n(Cc2ccc(-c3ccccc3C(=O)NNC(=O)CCC(NC(C)=O)C(=O)OCC)cc2)n1. The number of carbonyl (C=O) groups is 4. The minimum absolute atomic E-state index is 0.0256. The molecule has 1 heterocycles. The number of hydrazine groups is 1. The zero-order valence-corrected chi connectivity index (χ0v) is 26.2. The predicted octanol–water partition coefficient (Wildman–Crippen LogP) is 4.29. The summed E-state index contributed by atoms with van der Waals surface area (Å²) in [5, 5.41) is 7.26. The molecule has 2 aromatic carbocycles. The van der Waals surface area contributed by atoms with Crippen LogP contribution in [0.5, 0.6) is 0 Å². The van der Waals surface area contributed by atoms with E-state index in [4.69, 9.17) is 14.8 Å². The molecule has 0 bridgehead atoms. The fourth-order valence-electron chi connectivity index (χ4n) is 4.68. The molecule has 1 unspecified atom stereocenters. The normalized spacial score (nSPS) is 11.5. The van der Waals surface area contributed by atoms with E-state index in [1.54, 1.807) is 19.1 Å². The summed E-state index contributed by atoms with van der Waals surface area (Å²) in [6.45, 7) is 8.04. The van der Waals surface area contributed by atoms with E-state index in [2.05, 4.69) is 30.0 Å². The van der Waals surface area contributed by atoms with Crippen molar-refractivity contribution < 1.29 is 23.9 Å². The molecule has 0 radical (unpaired) electrons. The molecule has 11 nitrogen and oxygen atoms in total. The minimum atomic E-state index is -0.951. The highest BCUT2D eigenvalue weighted by Gasteiger charge is 2.22. The van der Waals surface area contributed by atoms with Gasteiger partial charge in [-0.1, -0.05) is 69.2 Å². The van der Waals surface area contributed by atoms with Gasteiger partial charge in [-0.25, -0.2) is 14.5 Å². The van der Waals surface area contributed by atoms with Crippen molar-refractivity contribution in [2.45, 2.75) is 91.6 Å². The Labute approximate surface area is 259 Å². The Morgan fingerprint density at radius 1 is 0.909 bits per heavy atom. The second-order valence-corrected chi connectivity index (χ2v) is 10.6. The van der Waals surface area contributed by atoms with Gasteiger partial charge in [0.25, 0.3) is 5.91 Å². The van der Waals surface area contributed by atoms with Crippen molar-refractivity contribution in [1.82, 2.24) is 30.9 Å². The van der Waals surface area contributed by atoms with E-state index in [0.29, 0.717) is 17.7 Å². The summed E-state index contributed by atoms with van der Waals surface area (Å²) >= 11 is 0. The lowest BCUT2D eigenvalue weighted by Crippen LogP contribution is -2.44. The first-order valence-corrected chi connectivity index (χ1v) is 15.4. The van der Waals surface area contributed by atoms with Gasteiger partial charge in [0, 0.05) is 31.7 Å². The molecule has 0 aliphatic carbocycles. The number of hydrogen-bond acceptors (Lipinski definition) is 7. The summed E-state index contributed by atoms with van der Waals surface area (Å²) < 4.78 is 6.96. The maximum absolute atomic E-state index is 13.1. The Balaban J connectivity index is 1.64. The van der Waals surface area contributed by atoms with E-state index < -0.39 is 29.7 Å². The third-order valence-electron chi connectivity index (χ3n) is 6.99. The lowest BCUT2D eigenvalue weighted by Gasteiger charge is -2.16. The van der Waals surface area contributed by atoms with Crippen LogP contribution in [0.4, 0.5) is 0 Å². The number of aromatic nitrogens is 3. The second kappa shape index (κ2) is 17.5. The van der Waals surface area contributed by atoms with Crippen molar-refractivity contribution in [3.8, 4) is 11.1 Å². The van der Waals surface area contributed by atoms with Gasteiger partial charge in [-0.15, -0.1) is 0 Å². The van der Waals surface area contributed by atoms with Crippen molar-refractivity contribution in [1.29, 1.82) is 0 Å². The zero-order chi connectivity index (χ0) is 31.9. The van der Waals surface area contributed by atoms with Gasteiger partial charge in [0.15, 0.2) is 5.82 Å². The molecule has 44 heavy (non-hydrogen) atoms. The van der Waals surface area contributed by atoms with E-state index in [1.807, 2.05) is 41.1 Å². The fraction of sp³-hybridized carbons (Fsp3) is 0.455. The van der Waals surface area contributed by atoms with Crippen molar-refractivity contribution in [2.75, 3.05) is 6.61 Å². The van der Waals surface area contributed by atoms with Crippen LogP contribution in [0.2, 0.25) is 0 Å². The van der Waals surface area contributed by atoms with Crippen LogP contribution in [0.1, 0.15) is 93.8 Å². The third-order valence-corrected chi connectivity index (χ3v) is 6.99. The van der Waals surface area contributed by atoms with Gasteiger partial charge >= 0.3 is 5.97 Å². The number of esters is 1. The molecule has 0 aliphatic heterocycles. The van der Waals surface area contributed by atoms with Crippen LogP contribution in [-0.2, 0) is 38.5 Å². The van der Waals surface area contributed by atoms with Crippen molar-refractivity contribution >= 4 is 23.7 Å². The van der Waals surface area contributed by atoms with Gasteiger partial charge in [0.1, 0.15) is 11.9 Å². The molecule has 0 fully saturated rings. The van der Waals surface area contributed by atoms with E-state index in [-0.39, 0.29) is 19.4 Å². The fourth-order valence-corrected chi connectivity index (χ4v) is 4.68. The number of unbranched alkanes of at least 4 members (excludes halogenated alkanes) is 2. The van der Waals surface area contributed by atoms with Crippen LogP contribution >= 0.6 is 0 Å². The highest BCUT2D eigenvalue weighted by Crippen LogP contribution is 2.24. The Kier molecular flexibility index (Phi) is 13.5. The van der Waals surface area contributed by atoms with Crippen molar-refractivity contribution in [2.24, 2.45) is 0 Å². The van der Waals surface area contributed by atoms with Crippen molar-refractivity contribution in [3.05, 3.63) is 71.3 Å². The monoisotopic (exact) mass is 604 g/mol. The second-order valence-electron chi connectivity index (χ2n) is 10.6. The molecule has 3 N–H and O–H groups in total. The molecular weight excluding hydrogens is 560 g/mol. The number of benzene rings is 2. The first-order valence-electron chi connectivity index (χ1n) is 15.4. The molecule has 0 spiro atoms. The molecule has 0 saturated carbocycles. The zero-order valence-electron chi connectivity index (χ0n) is 26.2. The van der Waals surface area contributed by atoms with Crippen LogP contribution in [0.15, 0.2) is 48.5 Å². The topological polar surface area (TPSA) is 144 Å². The summed E-state index contributed by atoms with van der Waals surface area (Å²) in [6.07, 6.45) is 6.02. The van der Waals surface area contributed by atoms with Crippen LogP contribution in [0, 0.1) is 0 Å². The molecule has 236 valence electrons. The summed E-state index contributed by atoms with van der Waals surface area (Å²) in [4.78, 5) is 53.8. The first kappa shape index (κ1) is 34.0. The average molecular weight is 605 g/mol. The minimum Gasteiger partial charge on any atom is -0.464 e. The van der Waals surface area contributed by atoms with E-state index in [1.165, 1.54) is 6.92 Å². The van der Waals surface area contributed by atoms with Gasteiger partial charge in [-0.3, -0.25) is 25.2 Å². The molecule has 0 aliphatic rings. The van der Waals surface area contributed by atoms with Crippen molar-refractivity contribution in [3.63, 3.8) is 0 Å². The smallest absolute Gasteiger partial charge is 0.328 e. The van der Waals surface area contributed by atoms with Crippen LogP contribution in [-0.4, -0.2) is 51.1 Å². The Hall–Kier alpha value is -4.54. The van der Waals surface area contributed by atoms with Gasteiger partial charge in [-0.05, 0) is 48.9 Å². The predicted molar refractivity (Wildman–Crippen MR) is 167 cm³/mol. The quantitative estimate of drug-likeness (QED) is 0.163. The molecule has 3 amide bonds. The van der Waals surface area contributed by atoms with Gasteiger partial charge in [0.2, 0.25) is 11.8 Å². The number of carbonyl (C=O) groups excluding carboxylic acids is 4. The van der Waals surface area contributed by atoms with E-state index in [0.717, 1.165) is 61.3 Å². The highest BCUT2D eigenvalue weighted by molar-refractivity contribution is 6.01. The molecule has 3 aromatic rings. The summed E-state index contributed by atoms with van der Waals surface area (Å²) in [6, 6.07) is 14.2. The Morgan fingerprint density at radius 2 is 1.61 bits per heavy atom. The van der Waals surface area contributed by atoms with Gasteiger partial charge < -0.3 is 10.1 Å². The van der Waals surface area contributed by atoms with Crippen LogP contribution in [0.3, 0.4) is 0 Å². The van der Waals surface area contributed by atoms with Gasteiger partial charge in [-0.2, -0.15) is 5.10 Å². The third kappa shape index (κ3) is 10.3. The number of aryl methyl sites for hydroxylation is 2. The molecule has 0 saturated heterocycles. The highest BCUT2D eigenvalue weighted by atomic mass is 16.5. The standard InChI is InChI=1S/C33H44N6O5/c1-5-8-14-29-35-30(15-9-6-2)39(38-29)22-24-16-18-25(19-17-24)26-12-10-11-13-27(26)32(42)37-36-31(41)21-20-28(34-23(4)40)33(43)44-7-3/h10-13,16-19,28H,5-9,14-15,20-22H2,1-4H3,(H,34,40)(H,36,41)(H,37,42). The number of ether oxygens (including phenoxy) is 1. The first-order chi connectivity index (χ1) is 21.2. The van der Waals surface area contributed by atoms with E-state index >= 15 is 0 Å². The molecule has 11 heteroatoms. The largest absolute Gasteiger partial charge is 0.464 e. The van der Waals surface area contributed by atoms with E-state index in [9.17, 15) is 19.2 Å².